The highest BCUT2D eigenvalue weighted by Gasteiger charge is 2.45. The maximum absolute atomic E-state index is 9.15. The summed E-state index contributed by atoms with van der Waals surface area (Å²) in [6.45, 7) is 0.809. The third-order valence-corrected chi connectivity index (χ3v) is 2.99. The molecule has 1 aromatic carbocycles. The molecule has 0 saturated carbocycles. The minimum Gasteiger partial charge on any atom is -0.497 e. The summed E-state index contributed by atoms with van der Waals surface area (Å²) in [4.78, 5) is 0. The van der Waals surface area contributed by atoms with Crippen LogP contribution in [0.1, 0.15) is 11.6 Å². The van der Waals surface area contributed by atoms with Gasteiger partial charge in [0.05, 0.1) is 32.4 Å². The highest BCUT2D eigenvalue weighted by molar-refractivity contribution is 5.33. The lowest BCUT2D eigenvalue weighted by Gasteiger charge is -2.39. The molecule has 0 spiro atoms. The van der Waals surface area contributed by atoms with Crippen molar-refractivity contribution in [2.75, 3.05) is 20.3 Å². The van der Waals surface area contributed by atoms with Crippen molar-refractivity contribution in [3.63, 3.8) is 0 Å². The zero-order chi connectivity index (χ0) is 11.6. The van der Waals surface area contributed by atoms with Crippen molar-refractivity contribution in [3.05, 3.63) is 29.8 Å². The van der Waals surface area contributed by atoms with Gasteiger partial charge in [-0.1, -0.05) is 12.1 Å². The average Bonchev–Trinajstić information content (AvgIpc) is 2.28. The predicted molar refractivity (Wildman–Crippen MR) is 58.8 cm³/mol. The molecule has 1 atom stereocenters. The molecule has 0 amide bonds. The normalized spacial score (nSPS) is 19.3. The van der Waals surface area contributed by atoms with E-state index < -0.39 is 5.41 Å². The number of rotatable bonds is 3. The lowest BCUT2D eigenvalue weighted by atomic mass is 9.77. The van der Waals surface area contributed by atoms with Crippen LogP contribution < -0.4 is 10.5 Å². The lowest BCUT2D eigenvalue weighted by Crippen LogP contribution is -2.49. The van der Waals surface area contributed by atoms with Gasteiger partial charge in [0.1, 0.15) is 11.2 Å². The van der Waals surface area contributed by atoms with E-state index in [4.69, 9.17) is 20.5 Å². The minimum atomic E-state index is -0.577. The number of hydrogen-bond acceptors (Lipinski definition) is 4. The topological polar surface area (TPSA) is 68.3 Å². The lowest BCUT2D eigenvalue weighted by molar-refractivity contribution is -0.0910. The standard InChI is InChI=1S/C12H14N2O2/c1-15-10-4-2-3-9(5-10)11(14)12(6-13)7-16-8-12/h2-5,11H,7-8,14H2,1H3. The monoisotopic (exact) mass is 218 g/mol. The molecule has 1 aliphatic heterocycles. The van der Waals surface area contributed by atoms with Crippen molar-refractivity contribution in [1.82, 2.24) is 0 Å². The maximum atomic E-state index is 9.15. The molecule has 84 valence electrons. The van der Waals surface area contributed by atoms with Gasteiger partial charge in [0.15, 0.2) is 0 Å². The zero-order valence-corrected chi connectivity index (χ0v) is 9.14. The van der Waals surface area contributed by atoms with E-state index in [0.717, 1.165) is 11.3 Å². The molecule has 4 nitrogen and oxygen atoms in total. The van der Waals surface area contributed by atoms with Gasteiger partial charge in [-0.2, -0.15) is 5.26 Å². The van der Waals surface area contributed by atoms with Crippen molar-refractivity contribution in [2.45, 2.75) is 6.04 Å². The molecular weight excluding hydrogens is 204 g/mol. The maximum Gasteiger partial charge on any atom is 0.123 e. The van der Waals surface area contributed by atoms with E-state index in [1.807, 2.05) is 24.3 Å². The second-order valence-electron chi connectivity index (χ2n) is 4.02. The van der Waals surface area contributed by atoms with Crippen LogP contribution in [0.4, 0.5) is 0 Å². The number of ether oxygens (including phenoxy) is 2. The SMILES string of the molecule is COc1cccc(C(N)C2(C#N)COC2)c1. The van der Waals surface area contributed by atoms with Crippen LogP contribution in [-0.4, -0.2) is 20.3 Å². The molecule has 1 aromatic rings. The minimum absolute atomic E-state index is 0.332. The number of nitrogens with zero attached hydrogens (tertiary/aromatic N) is 1. The van der Waals surface area contributed by atoms with Gasteiger partial charge < -0.3 is 15.2 Å². The molecule has 0 aromatic heterocycles. The van der Waals surface area contributed by atoms with E-state index in [2.05, 4.69) is 6.07 Å². The summed E-state index contributed by atoms with van der Waals surface area (Å²) in [6, 6.07) is 9.43. The van der Waals surface area contributed by atoms with Crippen molar-refractivity contribution in [1.29, 1.82) is 5.26 Å². The molecule has 2 N–H and O–H groups in total. The quantitative estimate of drug-likeness (QED) is 0.828. The Morgan fingerprint density at radius 3 is 2.81 bits per heavy atom. The van der Waals surface area contributed by atoms with E-state index >= 15 is 0 Å². The Balaban J connectivity index is 2.26. The van der Waals surface area contributed by atoms with E-state index in [-0.39, 0.29) is 6.04 Å². The first kappa shape index (κ1) is 10.9. The Hall–Kier alpha value is -1.57. The summed E-state index contributed by atoms with van der Waals surface area (Å²) in [5.74, 6) is 0.751. The van der Waals surface area contributed by atoms with Crippen LogP contribution in [0.2, 0.25) is 0 Å². The van der Waals surface area contributed by atoms with Gasteiger partial charge in [0, 0.05) is 0 Å². The fourth-order valence-electron chi connectivity index (χ4n) is 1.79. The van der Waals surface area contributed by atoms with Crippen LogP contribution in [-0.2, 0) is 4.74 Å². The van der Waals surface area contributed by atoms with Crippen LogP contribution >= 0.6 is 0 Å². The second kappa shape index (κ2) is 4.12. The average molecular weight is 218 g/mol. The Labute approximate surface area is 94.6 Å². The Morgan fingerprint density at radius 2 is 2.31 bits per heavy atom. The van der Waals surface area contributed by atoms with Gasteiger partial charge in [0.25, 0.3) is 0 Å². The molecule has 4 heteroatoms. The molecule has 2 rings (SSSR count). The summed E-state index contributed by atoms with van der Waals surface area (Å²) < 4.78 is 10.2. The molecule has 1 heterocycles. The van der Waals surface area contributed by atoms with Crippen LogP contribution in [0, 0.1) is 16.7 Å². The van der Waals surface area contributed by atoms with Crippen molar-refractivity contribution in [3.8, 4) is 11.8 Å². The van der Waals surface area contributed by atoms with Gasteiger partial charge in [-0.15, -0.1) is 0 Å². The summed E-state index contributed by atoms with van der Waals surface area (Å²) in [5.41, 5.74) is 6.44. The number of hydrogen-bond donors (Lipinski definition) is 1. The van der Waals surface area contributed by atoms with E-state index in [0.29, 0.717) is 13.2 Å². The first-order valence-corrected chi connectivity index (χ1v) is 5.10. The third-order valence-electron chi connectivity index (χ3n) is 2.99. The van der Waals surface area contributed by atoms with Crippen molar-refractivity contribution >= 4 is 0 Å². The highest BCUT2D eigenvalue weighted by atomic mass is 16.5. The smallest absolute Gasteiger partial charge is 0.123 e. The fraction of sp³-hybridized carbons (Fsp3) is 0.417. The van der Waals surface area contributed by atoms with E-state index in [1.165, 1.54) is 0 Å². The van der Waals surface area contributed by atoms with Gasteiger partial charge in [-0.3, -0.25) is 0 Å². The van der Waals surface area contributed by atoms with Gasteiger partial charge in [-0.05, 0) is 17.7 Å². The van der Waals surface area contributed by atoms with Crippen LogP contribution in [0.3, 0.4) is 0 Å². The Kier molecular flexibility index (Phi) is 2.82. The summed E-state index contributed by atoms with van der Waals surface area (Å²) in [7, 11) is 1.61. The molecule has 1 unspecified atom stereocenters. The predicted octanol–water partition coefficient (Wildman–Crippen LogP) is 1.24. The molecule has 16 heavy (non-hydrogen) atoms. The number of methoxy groups -OCH3 is 1. The number of nitrogens with two attached hydrogens (primary N) is 1. The zero-order valence-electron chi connectivity index (χ0n) is 9.14. The summed E-state index contributed by atoms with van der Waals surface area (Å²) in [6.07, 6.45) is 0. The molecule has 0 bridgehead atoms. The second-order valence-corrected chi connectivity index (χ2v) is 4.02. The summed E-state index contributed by atoms with van der Waals surface area (Å²) in [5, 5.41) is 9.15. The highest BCUT2D eigenvalue weighted by Crippen LogP contribution is 2.38. The fourth-order valence-corrected chi connectivity index (χ4v) is 1.79. The van der Waals surface area contributed by atoms with Crippen molar-refractivity contribution in [2.24, 2.45) is 11.1 Å². The molecule has 1 fully saturated rings. The first-order chi connectivity index (χ1) is 7.72. The van der Waals surface area contributed by atoms with E-state index in [1.54, 1.807) is 7.11 Å². The number of benzene rings is 1. The first-order valence-electron chi connectivity index (χ1n) is 5.10. The van der Waals surface area contributed by atoms with Gasteiger partial charge in [0.2, 0.25) is 0 Å². The molecule has 1 saturated heterocycles. The van der Waals surface area contributed by atoms with Crippen LogP contribution in [0.25, 0.3) is 0 Å². The van der Waals surface area contributed by atoms with E-state index in [9.17, 15) is 0 Å². The van der Waals surface area contributed by atoms with Crippen LogP contribution in [0.5, 0.6) is 5.75 Å². The molecule has 0 radical (unpaired) electrons. The van der Waals surface area contributed by atoms with Gasteiger partial charge >= 0.3 is 0 Å². The largest absolute Gasteiger partial charge is 0.497 e. The third kappa shape index (κ3) is 1.64. The number of nitriles is 1. The van der Waals surface area contributed by atoms with Crippen molar-refractivity contribution < 1.29 is 9.47 Å². The van der Waals surface area contributed by atoms with Gasteiger partial charge in [-0.25, -0.2) is 0 Å². The summed E-state index contributed by atoms with van der Waals surface area (Å²) >= 11 is 0. The molecule has 0 aliphatic carbocycles. The molecular formula is C12H14N2O2. The Morgan fingerprint density at radius 1 is 1.56 bits per heavy atom. The Bertz CT molecular complexity index is 421. The molecule has 1 aliphatic rings. The van der Waals surface area contributed by atoms with Crippen LogP contribution in [0.15, 0.2) is 24.3 Å².